The van der Waals surface area contributed by atoms with Crippen LogP contribution in [0.2, 0.25) is 5.02 Å². The zero-order chi connectivity index (χ0) is 21.5. The SMILES string of the molecule is CCOc1cc(C=NNc2nc(-c3ccccc3)c(C#N)c(=O)[nH]2)c(Cl)cc1OC. The third-order valence-corrected chi connectivity index (χ3v) is 4.36. The maximum absolute atomic E-state index is 12.3. The summed E-state index contributed by atoms with van der Waals surface area (Å²) < 4.78 is 10.8. The zero-order valence-corrected chi connectivity index (χ0v) is 17.0. The lowest BCUT2D eigenvalue weighted by Gasteiger charge is -2.11. The summed E-state index contributed by atoms with van der Waals surface area (Å²) in [4.78, 5) is 19.1. The standard InChI is InChI=1S/C21H18ClN5O3/c1-3-30-18-9-14(16(22)10-17(18)29-2)12-24-27-21-25-19(13-7-5-4-6-8-13)15(11-23)20(28)26-21/h4-10,12H,3H2,1-2H3,(H2,25,26,27,28). The number of nitrogens with one attached hydrogen (secondary N) is 2. The highest BCUT2D eigenvalue weighted by atomic mass is 35.5. The second-order valence-corrected chi connectivity index (χ2v) is 6.35. The van der Waals surface area contributed by atoms with E-state index in [0.29, 0.717) is 34.3 Å². The summed E-state index contributed by atoms with van der Waals surface area (Å²) >= 11 is 6.27. The first-order valence-corrected chi connectivity index (χ1v) is 9.34. The van der Waals surface area contributed by atoms with Crippen LogP contribution in [0.1, 0.15) is 18.1 Å². The van der Waals surface area contributed by atoms with Crippen molar-refractivity contribution < 1.29 is 9.47 Å². The lowest BCUT2D eigenvalue weighted by atomic mass is 10.1. The minimum Gasteiger partial charge on any atom is -0.493 e. The fourth-order valence-corrected chi connectivity index (χ4v) is 2.88. The number of rotatable bonds is 7. The molecule has 0 saturated carbocycles. The minimum atomic E-state index is -0.565. The van der Waals surface area contributed by atoms with E-state index in [0.717, 1.165) is 0 Å². The van der Waals surface area contributed by atoms with Gasteiger partial charge in [0.15, 0.2) is 11.5 Å². The average molecular weight is 424 g/mol. The van der Waals surface area contributed by atoms with Crippen molar-refractivity contribution >= 4 is 23.8 Å². The molecule has 0 unspecified atom stereocenters. The molecule has 0 spiro atoms. The number of benzene rings is 2. The number of aromatic amines is 1. The summed E-state index contributed by atoms with van der Waals surface area (Å²) in [6, 6.07) is 14.2. The highest BCUT2D eigenvalue weighted by Crippen LogP contribution is 2.32. The van der Waals surface area contributed by atoms with Crippen molar-refractivity contribution in [3.8, 4) is 28.8 Å². The number of hydrogen-bond donors (Lipinski definition) is 2. The normalized spacial score (nSPS) is 10.6. The highest BCUT2D eigenvalue weighted by Gasteiger charge is 2.13. The van der Waals surface area contributed by atoms with Crippen molar-refractivity contribution in [1.82, 2.24) is 9.97 Å². The van der Waals surface area contributed by atoms with Gasteiger partial charge < -0.3 is 9.47 Å². The molecule has 1 aromatic heterocycles. The molecule has 0 amide bonds. The summed E-state index contributed by atoms with van der Waals surface area (Å²) in [5.41, 5.74) is 3.51. The van der Waals surface area contributed by atoms with Crippen LogP contribution < -0.4 is 20.5 Å². The van der Waals surface area contributed by atoms with E-state index < -0.39 is 5.56 Å². The number of ether oxygens (including phenoxy) is 2. The summed E-state index contributed by atoms with van der Waals surface area (Å²) in [7, 11) is 1.53. The first-order chi connectivity index (χ1) is 14.6. The number of halogens is 1. The van der Waals surface area contributed by atoms with Gasteiger partial charge in [0, 0.05) is 17.2 Å². The van der Waals surface area contributed by atoms with Gasteiger partial charge in [-0.3, -0.25) is 9.78 Å². The molecule has 0 aliphatic heterocycles. The van der Waals surface area contributed by atoms with Crippen LogP contribution in [0.15, 0.2) is 52.4 Å². The number of nitrogens with zero attached hydrogens (tertiary/aromatic N) is 3. The van der Waals surface area contributed by atoms with Gasteiger partial charge in [-0.25, -0.2) is 10.4 Å². The Balaban J connectivity index is 1.90. The Morgan fingerprint density at radius 3 is 2.73 bits per heavy atom. The second-order valence-electron chi connectivity index (χ2n) is 5.94. The van der Waals surface area contributed by atoms with Gasteiger partial charge in [-0.05, 0) is 13.0 Å². The minimum absolute atomic E-state index is 0.0738. The number of H-pyrrole nitrogens is 1. The molecule has 3 aromatic rings. The molecule has 0 aliphatic carbocycles. The summed E-state index contributed by atoms with van der Waals surface area (Å²) in [5, 5.41) is 13.8. The molecule has 30 heavy (non-hydrogen) atoms. The Kier molecular flexibility index (Phi) is 6.67. The quantitative estimate of drug-likeness (QED) is 0.441. The van der Waals surface area contributed by atoms with Gasteiger partial charge in [0.05, 0.1) is 30.6 Å². The Morgan fingerprint density at radius 2 is 2.07 bits per heavy atom. The fourth-order valence-electron chi connectivity index (χ4n) is 2.68. The molecule has 152 valence electrons. The summed E-state index contributed by atoms with van der Waals surface area (Å²) in [6.45, 7) is 2.33. The van der Waals surface area contributed by atoms with Crippen LogP contribution in [0.25, 0.3) is 11.3 Å². The third-order valence-electron chi connectivity index (χ3n) is 4.04. The predicted octanol–water partition coefficient (Wildman–Crippen LogP) is 3.82. The molecular formula is C21H18ClN5O3. The molecule has 3 rings (SSSR count). The fraction of sp³-hybridized carbons (Fsp3) is 0.143. The van der Waals surface area contributed by atoms with E-state index in [1.165, 1.54) is 13.3 Å². The number of methoxy groups -OCH3 is 1. The van der Waals surface area contributed by atoms with Gasteiger partial charge in [-0.2, -0.15) is 10.4 Å². The molecule has 2 aromatic carbocycles. The van der Waals surface area contributed by atoms with Crippen LogP contribution in [0.3, 0.4) is 0 Å². The van der Waals surface area contributed by atoms with Gasteiger partial charge in [0.2, 0.25) is 5.95 Å². The predicted molar refractivity (Wildman–Crippen MR) is 115 cm³/mol. The van der Waals surface area contributed by atoms with Crippen molar-refractivity contribution in [2.75, 3.05) is 19.1 Å². The zero-order valence-electron chi connectivity index (χ0n) is 16.3. The Morgan fingerprint density at radius 1 is 1.30 bits per heavy atom. The highest BCUT2D eigenvalue weighted by molar-refractivity contribution is 6.33. The summed E-state index contributed by atoms with van der Waals surface area (Å²) in [6.07, 6.45) is 1.46. The van der Waals surface area contributed by atoms with Crippen LogP contribution in [0.5, 0.6) is 11.5 Å². The molecule has 8 nitrogen and oxygen atoms in total. The molecule has 2 N–H and O–H groups in total. The molecule has 0 aliphatic rings. The van der Waals surface area contributed by atoms with E-state index in [1.54, 1.807) is 36.4 Å². The Hall–Kier alpha value is -3.83. The average Bonchev–Trinajstić information content (AvgIpc) is 2.76. The molecule has 9 heteroatoms. The van der Waals surface area contributed by atoms with E-state index in [9.17, 15) is 10.1 Å². The van der Waals surface area contributed by atoms with Crippen molar-refractivity contribution in [3.05, 3.63) is 69.0 Å². The van der Waals surface area contributed by atoms with Crippen LogP contribution >= 0.6 is 11.6 Å². The van der Waals surface area contributed by atoms with Crippen LogP contribution in [-0.2, 0) is 0 Å². The number of nitriles is 1. The Bertz CT molecular complexity index is 1170. The van der Waals surface area contributed by atoms with Gasteiger partial charge in [0.1, 0.15) is 11.6 Å². The van der Waals surface area contributed by atoms with Crippen molar-refractivity contribution in [2.24, 2.45) is 5.10 Å². The molecule has 0 radical (unpaired) electrons. The lowest BCUT2D eigenvalue weighted by Crippen LogP contribution is -2.16. The molecule has 0 atom stereocenters. The van der Waals surface area contributed by atoms with Crippen LogP contribution in [0.4, 0.5) is 5.95 Å². The molecule has 1 heterocycles. The van der Waals surface area contributed by atoms with Gasteiger partial charge in [0.25, 0.3) is 5.56 Å². The van der Waals surface area contributed by atoms with E-state index in [4.69, 9.17) is 21.1 Å². The first-order valence-electron chi connectivity index (χ1n) is 8.96. The van der Waals surface area contributed by atoms with E-state index in [1.807, 2.05) is 19.1 Å². The Labute approximate surface area is 177 Å². The van der Waals surface area contributed by atoms with Gasteiger partial charge in [-0.15, -0.1) is 0 Å². The van der Waals surface area contributed by atoms with Crippen molar-refractivity contribution in [2.45, 2.75) is 6.92 Å². The molecular weight excluding hydrogens is 406 g/mol. The maximum Gasteiger partial charge on any atom is 0.270 e. The third kappa shape index (κ3) is 4.59. The molecule has 0 bridgehead atoms. The van der Waals surface area contributed by atoms with Crippen molar-refractivity contribution in [3.63, 3.8) is 0 Å². The smallest absolute Gasteiger partial charge is 0.270 e. The van der Waals surface area contributed by atoms with Gasteiger partial charge >= 0.3 is 0 Å². The van der Waals surface area contributed by atoms with Crippen LogP contribution in [0, 0.1) is 11.3 Å². The number of hydrazone groups is 1. The lowest BCUT2D eigenvalue weighted by molar-refractivity contribution is 0.311. The van der Waals surface area contributed by atoms with E-state index in [-0.39, 0.29) is 17.2 Å². The second kappa shape index (κ2) is 9.58. The maximum atomic E-state index is 12.3. The molecule has 0 fully saturated rings. The number of aromatic nitrogens is 2. The summed E-state index contributed by atoms with van der Waals surface area (Å²) in [5.74, 6) is 1.13. The molecule has 0 saturated heterocycles. The van der Waals surface area contributed by atoms with Crippen molar-refractivity contribution in [1.29, 1.82) is 5.26 Å². The number of hydrogen-bond acceptors (Lipinski definition) is 7. The van der Waals surface area contributed by atoms with Crippen LogP contribution in [-0.4, -0.2) is 29.9 Å². The number of anilines is 1. The first kappa shape index (κ1) is 20.9. The van der Waals surface area contributed by atoms with E-state index in [2.05, 4.69) is 20.5 Å². The van der Waals surface area contributed by atoms with Gasteiger partial charge in [-0.1, -0.05) is 41.9 Å². The largest absolute Gasteiger partial charge is 0.493 e. The topological polar surface area (TPSA) is 112 Å². The monoisotopic (exact) mass is 423 g/mol. The van der Waals surface area contributed by atoms with E-state index >= 15 is 0 Å².